The highest BCUT2D eigenvalue weighted by Gasteiger charge is 2.12. The summed E-state index contributed by atoms with van der Waals surface area (Å²) in [7, 11) is 0. The van der Waals surface area contributed by atoms with Gasteiger partial charge in [0.25, 0.3) is 5.91 Å². The number of carbonyl (C=O) groups is 1. The molecule has 0 saturated carbocycles. The zero-order chi connectivity index (χ0) is 18.1. The number of H-pyrrole nitrogens is 1. The first-order chi connectivity index (χ1) is 12.6. The normalized spacial score (nSPS) is 11.4. The van der Waals surface area contributed by atoms with E-state index in [0.29, 0.717) is 0 Å². The third kappa shape index (κ3) is 2.80. The summed E-state index contributed by atoms with van der Waals surface area (Å²) in [6, 6.07) is 18.7. The molecule has 0 atom stereocenters. The highest BCUT2D eigenvalue weighted by atomic mass is 16.3. The SMILES string of the molecule is Cc1[nH]c2ccccc2c1C=NNC(=O)c1cc2ccccc2cc1O. The van der Waals surface area contributed by atoms with Crippen molar-refractivity contribution < 1.29 is 9.90 Å². The summed E-state index contributed by atoms with van der Waals surface area (Å²) in [5.74, 6) is -0.526. The van der Waals surface area contributed by atoms with Crippen LogP contribution in [0.2, 0.25) is 0 Å². The van der Waals surface area contributed by atoms with Gasteiger partial charge in [0, 0.05) is 22.2 Å². The van der Waals surface area contributed by atoms with Gasteiger partial charge in [-0.1, -0.05) is 42.5 Å². The van der Waals surface area contributed by atoms with Crippen LogP contribution in [0.25, 0.3) is 21.7 Å². The van der Waals surface area contributed by atoms with Gasteiger partial charge in [0.15, 0.2) is 0 Å². The molecule has 3 aromatic carbocycles. The Morgan fingerprint density at radius 2 is 1.77 bits per heavy atom. The van der Waals surface area contributed by atoms with Gasteiger partial charge in [-0.2, -0.15) is 5.10 Å². The van der Waals surface area contributed by atoms with Crippen LogP contribution in [0.5, 0.6) is 5.75 Å². The predicted octanol–water partition coefficient (Wildman–Crippen LogP) is 4.10. The number of phenolic OH excluding ortho intramolecular Hbond substituents is 1. The van der Waals surface area contributed by atoms with Crippen molar-refractivity contribution in [2.75, 3.05) is 0 Å². The highest BCUT2D eigenvalue weighted by molar-refractivity contribution is 6.03. The molecule has 26 heavy (non-hydrogen) atoms. The van der Waals surface area contributed by atoms with Crippen LogP contribution < -0.4 is 5.43 Å². The van der Waals surface area contributed by atoms with E-state index in [-0.39, 0.29) is 11.3 Å². The number of nitrogens with one attached hydrogen (secondary N) is 2. The molecule has 1 aromatic heterocycles. The number of hydrogen-bond acceptors (Lipinski definition) is 3. The molecule has 1 amide bonds. The zero-order valence-electron chi connectivity index (χ0n) is 14.2. The lowest BCUT2D eigenvalue weighted by Gasteiger charge is -2.05. The molecule has 0 unspecified atom stereocenters. The molecular weight excluding hydrogens is 326 g/mol. The van der Waals surface area contributed by atoms with E-state index in [0.717, 1.165) is 32.9 Å². The van der Waals surface area contributed by atoms with Crippen molar-refractivity contribution in [3.63, 3.8) is 0 Å². The van der Waals surface area contributed by atoms with E-state index in [4.69, 9.17) is 0 Å². The van der Waals surface area contributed by atoms with E-state index in [1.807, 2.05) is 55.5 Å². The fourth-order valence-electron chi connectivity index (χ4n) is 3.09. The fourth-order valence-corrected chi connectivity index (χ4v) is 3.09. The lowest BCUT2D eigenvalue weighted by Crippen LogP contribution is -2.17. The molecular formula is C21H17N3O2. The van der Waals surface area contributed by atoms with Gasteiger partial charge in [-0.3, -0.25) is 4.79 Å². The molecule has 3 N–H and O–H groups in total. The monoisotopic (exact) mass is 343 g/mol. The Kier molecular flexibility index (Phi) is 3.89. The first kappa shape index (κ1) is 15.9. The number of hydrazone groups is 1. The van der Waals surface area contributed by atoms with Crippen LogP contribution in [0, 0.1) is 6.92 Å². The van der Waals surface area contributed by atoms with Crippen LogP contribution in [-0.4, -0.2) is 22.2 Å². The molecule has 4 rings (SSSR count). The van der Waals surface area contributed by atoms with E-state index in [1.54, 1.807) is 18.3 Å². The van der Waals surface area contributed by atoms with Crippen molar-refractivity contribution >= 4 is 33.8 Å². The number of nitrogens with zero attached hydrogens (tertiary/aromatic N) is 1. The van der Waals surface area contributed by atoms with E-state index >= 15 is 0 Å². The lowest BCUT2D eigenvalue weighted by atomic mass is 10.1. The minimum atomic E-state index is -0.456. The molecule has 1 heterocycles. The van der Waals surface area contributed by atoms with Crippen molar-refractivity contribution in [3.8, 4) is 5.75 Å². The van der Waals surface area contributed by atoms with Crippen molar-refractivity contribution in [2.24, 2.45) is 5.10 Å². The Balaban J connectivity index is 1.59. The Bertz CT molecular complexity index is 1160. The average molecular weight is 343 g/mol. The number of phenols is 1. The number of aromatic hydroxyl groups is 1. The summed E-state index contributed by atoms with van der Waals surface area (Å²) < 4.78 is 0. The fraction of sp³-hybridized carbons (Fsp3) is 0.0476. The molecule has 0 fully saturated rings. The molecule has 0 aliphatic heterocycles. The van der Waals surface area contributed by atoms with Gasteiger partial charge in [-0.15, -0.1) is 0 Å². The van der Waals surface area contributed by atoms with Crippen LogP contribution in [-0.2, 0) is 0 Å². The molecule has 0 spiro atoms. The summed E-state index contributed by atoms with van der Waals surface area (Å²) in [6.07, 6.45) is 1.62. The maximum atomic E-state index is 12.4. The Labute approximate surface area is 150 Å². The first-order valence-corrected chi connectivity index (χ1v) is 8.26. The Morgan fingerprint density at radius 1 is 1.08 bits per heavy atom. The number of aryl methyl sites for hydroxylation is 1. The summed E-state index contributed by atoms with van der Waals surface area (Å²) in [5.41, 5.74) is 5.59. The van der Waals surface area contributed by atoms with Gasteiger partial charge in [0.2, 0.25) is 0 Å². The van der Waals surface area contributed by atoms with Gasteiger partial charge in [0.05, 0.1) is 11.8 Å². The van der Waals surface area contributed by atoms with Crippen LogP contribution in [0.4, 0.5) is 0 Å². The second-order valence-corrected chi connectivity index (χ2v) is 6.12. The van der Waals surface area contributed by atoms with Gasteiger partial charge in [-0.05, 0) is 35.9 Å². The van der Waals surface area contributed by atoms with Gasteiger partial charge in [-0.25, -0.2) is 5.43 Å². The highest BCUT2D eigenvalue weighted by Crippen LogP contribution is 2.25. The minimum Gasteiger partial charge on any atom is -0.507 e. The number of rotatable bonds is 3. The van der Waals surface area contributed by atoms with Crippen molar-refractivity contribution in [2.45, 2.75) is 6.92 Å². The average Bonchev–Trinajstić information content (AvgIpc) is 2.96. The van der Waals surface area contributed by atoms with E-state index in [9.17, 15) is 9.90 Å². The quantitative estimate of drug-likeness (QED) is 0.387. The third-order valence-electron chi connectivity index (χ3n) is 4.41. The number of para-hydroxylation sites is 1. The topological polar surface area (TPSA) is 77.5 Å². The molecule has 0 saturated heterocycles. The number of amides is 1. The molecule has 128 valence electrons. The van der Waals surface area contributed by atoms with Crippen LogP contribution in [0.3, 0.4) is 0 Å². The van der Waals surface area contributed by atoms with Crippen LogP contribution in [0.15, 0.2) is 65.8 Å². The van der Waals surface area contributed by atoms with Crippen molar-refractivity contribution in [1.29, 1.82) is 0 Å². The molecule has 5 heteroatoms. The number of fused-ring (bicyclic) bond motifs is 2. The van der Waals surface area contributed by atoms with E-state index < -0.39 is 5.91 Å². The minimum absolute atomic E-state index is 0.0697. The maximum Gasteiger partial charge on any atom is 0.275 e. The summed E-state index contributed by atoms with van der Waals surface area (Å²) in [5, 5.41) is 17.0. The van der Waals surface area contributed by atoms with E-state index in [1.165, 1.54) is 0 Å². The molecule has 0 aliphatic rings. The smallest absolute Gasteiger partial charge is 0.275 e. The van der Waals surface area contributed by atoms with Gasteiger partial charge in [0.1, 0.15) is 5.75 Å². The van der Waals surface area contributed by atoms with Gasteiger partial charge >= 0.3 is 0 Å². The molecule has 5 nitrogen and oxygen atoms in total. The van der Waals surface area contributed by atoms with Crippen LogP contribution >= 0.6 is 0 Å². The first-order valence-electron chi connectivity index (χ1n) is 8.26. The number of benzene rings is 3. The van der Waals surface area contributed by atoms with Gasteiger partial charge < -0.3 is 10.1 Å². The number of hydrogen-bond donors (Lipinski definition) is 3. The van der Waals surface area contributed by atoms with E-state index in [2.05, 4.69) is 15.5 Å². The summed E-state index contributed by atoms with van der Waals surface area (Å²) >= 11 is 0. The summed E-state index contributed by atoms with van der Waals surface area (Å²) in [6.45, 7) is 1.96. The zero-order valence-corrected chi connectivity index (χ0v) is 14.2. The lowest BCUT2D eigenvalue weighted by molar-refractivity contribution is 0.0952. The number of aromatic amines is 1. The molecule has 0 aliphatic carbocycles. The molecule has 4 aromatic rings. The largest absolute Gasteiger partial charge is 0.507 e. The third-order valence-corrected chi connectivity index (χ3v) is 4.41. The standard InChI is InChI=1S/C21H17N3O2/c1-13-18(16-8-4-5-9-19(16)23-13)12-22-24-21(26)17-10-14-6-2-3-7-15(14)11-20(17)25/h2-12,23,25H,1H3,(H,24,26). The summed E-state index contributed by atoms with van der Waals surface area (Å²) in [4.78, 5) is 15.7. The maximum absolute atomic E-state index is 12.4. The number of carbonyl (C=O) groups excluding carboxylic acids is 1. The molecule has 0 bridgehead atoms. The Morgan fingerprint density at radius 3 is 2.58 bits per heavy atom. The molecule has 0 radical (unpaired) electrons. The second kappa shape index (κ2) is 6.37. The van der Waals surface area contributed by atoms with Crippen molar-refractivity contribution in [3.05, 3.63) is 77.5 Å². The van der Waals surface area contributed by atoms with Crippen molar-refractivity contribution in [1.82, 2.24) is 10.4 Å². The number of aromatic nitrogens is 1. The Hall–Kier alpha value is -3.60. The van der Waals surface area contributed by atoms with Crippen LogP contribution in [0.1, 0.15) is 21.6 Å². The second-order valence-electron chi connectivity index (χ2n) is 6.12. The predicted molar refractivity (Wildman–Crippen MR) is 104 cm³/mol.